The fraction of sp³-hybridized carbons (Fsp3) is 0.333. The van der Waals surface area contributed by atoms with Gasteiger partial charge < -0.3 is 14.4 Å². The quantitative estimate of drug-likeness (QED) is 0.519. The summed E-state index contributed by atoms with van der Waals surface area (Å²) in [6.07, 6.45) is -4.69. The molecule has 1 aliphatic heterocycles. The maximum absolute atomic E-state index is 13.2. The number of methoxy groups -OCH3 is 1. The molecule has 31 heavy (non-hydrogen) atoms. The van der Waals surface area contributed by atoms with E-state index in [1.54, 1.807) is 4.90 Å². The van der Waals surface area contributed by atoms with E-state index in [9.17, 15) is 31.7 Å². The second kappa shape index (κ2) is 8.59. The second-order valence-electron chi connectivity index (χ2n) is 6.53. The SMILES string of the molecule is COc1ccc(S(=O)(=O)Nc2cc(C(F)(F)F)ccc2N2CCOCC2)cc1[N+](=O)[O-]. The summed E-state index contributed by atoms with van der Waals surface area (Å²) in [6.45, 7) is 1.37. The van der Waals surface area contributed by atoms with Gasteiger partial charge in [0.25, 0.3) is 10.0 Å². The largest absolute Gasteiger partial charge is 0.490 e. The van der Waals surface area contributed by atoms with Crippen LogP contribution >= 0.6 is 0 Å². The van der Waals surface area contributed by atoms with Crippen LogP contribution in [0.2, 0.25) is 0 Å². The molecule has 0 aliphatic carbocycles. The summed E-state index contributed by atoms with van der Waals surface area (Å²) in [5.41, 5.74) is -1.69. The third kappa shape index (κ3) is 4.99. The number of nitrogens with one attached hydrogen (secondary N) is 1. The predicted octanol–water partition coefficient (Wildman–Crippen LogP) is 3.26. The van der Waals surface area contributed by atoms with Crippen LogP contribution in [0.5, 0.6) is 5.75 Å². The number of alkyl halides is 3. The molecule has 1 heterocycles. The molecule has 9 nitrogen and oxygen atoms in total. The number of morpholine rings is 1. The number of nitro benzene ring substituents is 1. The third-order valence-corrected chi connectivity index (χ3v) is 5.94. The van der Waals surface area contributed by atoms with Gasteiger partial charge in [0.15, 0.2) is 5.75 Å². The van der Waals surface area contributed by atoms with Crippen molar-refractivity contribution in [2.24, 2.45) is 0 Å². The minimum absolute atomic E-state index is 0.156. The predicted molar refractivity (Wildman–Crippen MR) is 105 cm³/mol. The number of rotatable bonds is 6. The molecule has 2 aromatic rings. The lowest BCUT2D eigenvalue weighted by Gasteiger charge is -2.31. The minimum atomic E-state index is -4.69. The number of ether oxygens (including phenoxy) is 2. The smallest absolute Gasteiger partial charge is 0.416 e. The van der Waals surface area contributed by atoms with Gasteiger partial charge in [-0.3, -0.25) is 14.8 Å². The Morgan fingerprint density at radius 3 is 2.42 bits per heavy atom. The molecule has 1 fully saturated rings. The van der Waals surface area contributed by atoms with Crippen LogP contribution in [-0.2, 0) is 20.9 Å². The standard InChI is InChI=1S/C18H18F3N3O6S/c1-29-17-5-3-13(11-16(17)24(25)26)31(27,28)22-14-10-12(18(19,20)21)2-4-15(14)23-6-8-30-9-7-23/h2-5,10-11,22H,6-9H2,1H3. The number of halogens is 3. The van der Waals surface area contributed by atoms with Gasteiger partial charge in [-0.2, -0.15) is 13.2 Å². The molecule has 3 rings (SSSR count). The number of anilines is 2. The summed E-state index contributed by atoms with van der Waals surface area (Å²) in [6, 6.07) is 5.69. The Morgan fingerprint density at radius 2 is 1.84 bits per heavy atom. The fourth-order valence-electron chi connectivity index (χ4n) is 3.06. The summed E-state index contributed by atoms with van der Waals surface area (Å²) in [7, 11) is -3.27. The molecule has 0 atom stereocenters. The Hall–Kier alpha value is -3.06. The van der Waals surface area contributed by atoms with E-state index in [4.69, 9.17) is 9.47 Å². The van der Waals surface area contributed by atoms with Gasteiger partial charge in [0, 0.05) is 19.2 Å². The normalized spacial score (nSPS) is 14.9. The van der Waals surface area contributed by atoms with Crippen LogP contribution in [0, 0.1) is 10.1 Å². The highest BCUT2D eigenvalue weighted by Crippen LogP contribution is 2.37. The zero-order valence-corrected chi connectivity index (χ0v) is 17.0. The third-order valence-electron chi connectivity index (χ3n) is 4.58. The maximum Gasteiger partial charge on any atom is 0.416 e. The average molecular weight is 461 g/mol. The number of nitrogens with zero attached hydrogens (tertiary/aromatic N) is 2. The molecule has 2 aromatic carbocycles. The van der Waals surface area contributed by atoms with Crippen molar-refractivity contribution in [3.8, 4) is 5.75 Å². The monoisotopic (exact) mass is 461 g/mol. The van der Waals surface area contributed by atoms with E-state index in [2.05, 4.69) is 4.72 Å². The summed E-state index contributed by atoms with van der Waals surface area (Å²) >= 11 is 0. The van der Waals surface area contributed by atoms with Crippen molar-refractivity contribution in [3.05, 3.63) is 52.1 Å². The minimum Gasteiger partial charge on any atom is -0.490 e. The fourth-order valence-corrected chi connectivity index (χ4v) is 4.14. The first kappa shape index (κ1) is 22.6. The van der Waals surface area contributed by atoms with Crippen molar-refractivity contribution in [2.45, 2.75) is 11.1 Å². The Morgan fingerprint density at radius 1 is 1.16 bits per heavy atom. The summed E-state index contributed by atoms with van der Waals surface area (Å²) < 4.78 is 77.6. The molecule has 0 aromatic heterocycles. The van der Waals surface area contributed by atoms with Crippen molar-refractivity contribution in [1.29, 1.82) is 0 Å². The Balaban J connectivity index is 2.05. The van der Waals surface area contributed by atoms with E-state index in [1.165, 1.54) is 13.2 Å². The molecule has 0 radical (unpaired) electrons. The molecule has 1 saturated heterocycles. The molecule has 168 valence electrons. The van der Waals surface area contributed by atoms with Crippen LogP contribution in [0.4, 0.5) is 30.2 Å². The van der Waals surface area contributed by atoms with Gasteiger partial charge in [0.05, 0.1) is 47.1 Å². The van der Waals surface area contributed by atoms with Crippen molar-refractivity contribution >= 4 is 27.1 Å². The first-order valence-electron chi connectivity index (χ1n) is 8.92. The van der Waals surface area contributed by atoms with Crippen molar-refractivity contribution in [1.82, 2.24) is 0 Å². The summed E-state index contributed by atoms with van der Waals surface area (Å²) in [5, 5.41) is 11.2. The lowest BCUT2D eigenvalue weighted by Crippen LogP contribution is -2.36. The number of nitro groups is 1. The van der Waals surface area contributed by atoms with Crippen LogP contribution in [0.3, 0.4) is 0 Å². The van der Waals surface area contributed by atoms with Crippen LogP contribution in [0.1, 0.15) is 5.56 Å². The number of sulfonamides is 1. The van der Waals surface area contributed by atoms with Gasteiger partial charge in [-0.15, -0.1) is 0 Å². The van der Waals surface area contributed by atoms with Crippen molar-refractivity contribution < 1.29 is 36.0 Å². The lowest BCUT2D eigenvalue weighted by atomic mass is 10.1. The number of hydrogen-bond acceptors (Lipinski definition) is 7. The molecule has 0 bridgehead atoms. The highest BCUT2D eigenvalue weighted by atomic mass is 32.2. The Bertz CT molecular complexity index is 1090. The Labute approximate surface area is 175 Å². The van der Waals surface area contributed by atoms with E-state index < -0.39 is 37.3 Å². The van der Waals surface area contributed by atoms with Gasteiger partial charge in [-0.05, 0) is 30.3 Å². The van der Waals surface area contributed by atoms with Gasteiger partial charge in [-0.25, -0.2) is 8.42 Å². The van der Waals surface area contributed by atoms with Gasteiger partial charge in [0.2, 0.25) is 0 Å². The molecule has 1 aliphatic rings. The molecule has 0 spiro atoms. The molecule has 0 amide bonds. The maximum atomic E-state index is 13.2. The lowest BCUT2D eigenvalue weighted by molar-refractivity contribution is -0.386. The summed E-state index contributed by atoms with van der Waals surface area (Å²) in [5.74, 6) is -0.156. The Kier molecular flexibility index (Phi) is 6.27. The van der Waals surface area contributed by atoms with E-state index in [0.717, 1.165) is 24.3 Å². The van der Waals surface area contributed by atoms with Gasteiger partial charge >= 0.3 is 11.9 Å². The zero-order valence-electron chi connectivity index (χ0n) is 16.2. The topological polar surface area (TPSA) is 111 Å². The highest BCUT2D eigenvalue weighted by Gasteiger charge is 2.32. The first-order valence-corrected chi connectivity index (χ1v) is 10.4. The molecular formula is C18H18F3N3O6S. The molecule has 1 N–H and O–H groups in total. The number of hydrogen-bond donors (Lipinski definition) is 1. The van der Waals surface area contributed by atoms with E-state index >= 15 is 0 Å². The van der Waals surface area contributed by atoms with Crippen molar-refractivity contribution in [3.63, 3.8) is 0 Å². The molecule has 13 heteroatoms. The molecule has 0 unspecified atom stereocenters. The van der Waals surface area contributed by atoms with Gasteiger partial charge in [-0.1, -0.05) is 0 Å². The van der Waals surface area contributed by atoms with E-state index in [-0.39, 0.29) is 17.1 Å². The van der Waals surface area contributed by atoms with Gasteiger partial charge in [0.1, 0.15) is 0 Å². The van der Waals surface area contributed by atoms with Crippen LogP contribution in [0.15, 0.2) is 41.3 Å². The average Bonchev–Trinajstić information content (AvgIpc) is 2.72. The second-order valence-corrected chi connectivity index (χ2v) is 8.21. The number of benzene rings is 2. The summed E-state index contributed by atoms with van der Waals surface area (Å²) in [4.78, 5) is 11.6. The zero-order chi connectivity index (χ0) is 22.8. The van der Waals surface area contributed by atoms with Crippen LogP contribution in [0.25, 0.3) is 0 Å². The first-order chi connectivity index (χ1) is 14.5. The van der Waals surface area contributed by atoms with Crippen LogP contribution < -0.4 is 14.4 Å². The molecular weight excluding hydrogens is 443 g/mol. The van der Waals surface area contributed by atoms with Crippen molar-refractivity contribution in [2.75, 3.05) is 43.0 Å². The molecule has 0 saturated carbocycles. The van der Waals surface area contributed by atoms with Crippen LogP contribution in [-0.4, -0.2) is 46.8 Å². The van der Waals surface area contributed by atoms with E-state index in [1.807, 2.05) is 0 Å². The van der Waals surface area contributed by atoms with E-state index in [0.29, 0.717) is 32.4 Å². The highest BCUT2D eigenvalue weighted by molar-refractivity contribution is 7.92.